The Morgan fingerprint density at radius 3 is 2.61 bits per heavy atom. The minimum Gasteiger partial charge on any atom is -0.321 e. The van der Waals surface area contributed by atoms with E-state index in [2.05, 4.69) is 16.3 Å². The third kappa shape index (κ3) is 2.33. The molecule has 1 fully saturated rings. The van der Waals surface area contributed by atoms with Gasteiger partial charge in [-0.1, -0.05) is 30.6 Å². The quantitative estimate of drug-likeness (QED) is 0.836. The third-order valence-corrected chi connectivity index (χ3v) is 4.43. The predicted molar refractivity (Wildman–Crippen MR) is 68.4 cm³/mol. The normalized spacial score (nSPS) is 18.1. The van der Waals surface area contributed by atoms with E-state index in [0.717, 1.165) is 43.4 Å². The number of nitriles is 1. The summed E-state index contributed by atoms with van der Waals surface area (Å²) in [5, 5.41) is 17.0. The molecule has 0 aromatic carbocycles. The molecule has 18 heavy (non-hydrogen) atoms. The molecule has 5 nitrogen and oxygen atoms in total. The summed E-state index contributed by atoms with van der Waals surface area (Å²) in [5.74, 6) is -0.275. The molecule has 0 atom stereocenters. The fourth-order valence-electron chi connectivity index (χ4n) is 2.29. The highest BCUT2D eigenvalue weighted by Crippen LogP contribution is 2.33. The highest BCUT2D eigenvalue weighted by atomic mass is 35.5. The lowest BCUT2D eigenvalue weighted by molar-refractivity contribution is 0.0588. The fourth-order valence-corrected chi connectivity index (χ4v) is 3.09. The van der Waals surface area contributed by atoms with Crippen LogP contribution in [0.4, 0.5) is 0 Å². The highest BCUT2D eigenvalue weighted by Gasteiger charge is 2.40. The highest BCUT2D eigenvalue weighted by molar-refractivity contribution is 7.17. The number of hydrogen-bond donors (Lipinski definition) is 0. The maximum Gasteiger partial charge on any atom is 0.285 e. The zero-order valence-electron chi connectivity index (χ0n) is 10.0. The summed E-state index contributed by atoms with van der Waals surface area (Å²) < 4.78 is 0.237. The van der Waals surface area contributed by atoms with Crippen LogP contribution in [-0.4, -0.2) is 33.6 Å². The number of carbonyl (C=O) groups is 1. The van der Waals surface area contributed by atoms with Gasteiger partial charge in [0.2, 0.25) is 9.47 Å². The van der Waals surface area contributed by atoms with E-state index in [1.54, 1.807) is 7.05 Å². The predicted octanol–water partition coefficient (Wildman–Crippen LogP) is 2.49. The van der Waals surface area contributed by atoms with Crippen LogP contribution < -0.4 is 0 Å². The average Bonchev–Trinajstić information content (AvgIpc) is 2.84. The molecular formula is C11H13ClN4OS. The molecule has 1 aliphatic carbocycles. The molecule has 0 unspecified atom stereocenters. The molecule has 0 radical (unpaired) electrons. The SMILES string of the molecule is CN(C(=O)c1nnc(Cl)s1)C1(C#N)CCCCC1. The van der Waals surface area contributed by atoms with Gasteiger partial charge >= 0.3 is 0 Å². The van der Waals surface area contributed by atoms with Crippen molar-refractivity contribution in [3.05, 3.63) is 9.47 Å². The Bertz CT molecular complexity index is 489. The van der Waals surface area contributed by atoms with Crippen molar-refractivity contribution in [3.63, 3.8) is 0 Å². The molecule has 2 rings (SSSR count). The minimum absolute atomic E-state index is 0.237. The van der Waals surface area contributed by atoms with Crippen molar-refractivity contribution in [2.24, 2.45) is 0 Å². The number of carbonyl (C=O) groups excluding carboxylic acids is 1. The Kier molecular flexibility index (Phi) is 3.83. The van der Waals surface area contributed by atoms with E-state index in [4.69, 9.17) is 11.6 Å². The molecule has 0 bridgehead atoms. The lowest BCUT2D eigenvalue weighted by Gasteiger charge is -2.38. The Morgan fingerprint density at radius 2 is 2.11 bits per heavy atom. The van der Waals surface area contributed by atoms with E-state index in [1.165, 1.54) is 4.90 Å². The summed E-state index contributed by atoms with van der Waals surface area (Å²) in [6, 6.07) is 2.30. The van der Waals surface area contributed by atoms with Crippen molar-refractivity contribution in [2.75, 3.05) is 7.05 Å². The first-order chi connectivity index (χ1) is 8.59. The minimum atomic E-state index is -0.701. The molecule has 0 spiro atoms. The van der Waals surface area contributed by atoms with Crippen molar-refractivity contribution in [2.45, 2.75) is 37.6 Å². The Labute approximate surface area is 114 Å². The fraction of sp³-hybridized carbons (Fsp3) is 0.636. The van der Waals surface area contributed by atoms with Crippen LogP contribution >= 0.6 is 22.9 Å². The van der Waals surface area contributed by atoms with Gasteiger partial charge in [0.15, 0.2) is 0 Å². The van der Waals surface area contributed by atoms with Crippen LogP contribution in [0.3, 0.4) is 0 Å². The summed E-state index contributed by atoms with van der Waals surface area (Å²) in [4.78, 5) is 13.7. The summed E-state index contributed by atoms with van der Waals surface area (Å²) in [7, 11) is 1.66. The van der Waals surface area contributed by atoms with E-state index in [0.29, 0.717) is 0 Å². The van der Waals surface area contributed by atoms with E-state index in [9.17, 15) is 10.1 Å². The maximum absolute atomic E-state index is 12.2. The zero-order chi connectivity index (χ0) is 13.2. The van der Waals surface area contributed by atoms with Crippen molar-refractivity contribution in [3.8, 4) is 6.07 Å². The largest absolute Gasteiger partial charge is 0.321 e. The molecular weight excluding hydrogens is 272 g/mol. The summed E-state index contributed by atoms with van der Waals surface area (Å²) in [6.07, 6.45) is 4.51. The van der Waals surface area contributed by atoms with E-state index >= 15 is 0 Å². The van der Waals surface area contributed by atoms with E-state index in [1.807, 2.05) is 0 Å². The van der Waals surface area contributed by atoms with Gasteiger partial charge in [-0.25, -0.2) is 0 Å². The molecule has 1 amide bonds. The number of aromatic nitrogens is 2. The van der Waals surface area contributed by atoms with Gasteiger partial charge in [0, 0.05) is 7.05 Å². The van der Waals surface area contributed by atoms with Crippen LogP contribution in [0.2, 0.25) is 4.47 Å². The van der Waals surface area contributed by atoms with Gasteiger partial charge in [-0.15, -0.1) is 10.2 Å². The first-order valence-electron chi connectivity index (χ1n) is 5.77. The van der Waals surface area contributed by atoms with Crippen molar-refractivity contribution in [1.82, 2.24) is 15.1 Å². The number of halogens is 1. The van der Waals surface area contributed by atoms with Crippen molar-refractivity contribution in [1.29, 1.82) is 5.26 Å². The van der Waals surface area contributed by atoms with Gasteiger partial charge in [-0.3, -0.25) is 4.79 Å². The van der Waals surface area contributed by atoms with Crippen LogP contribution in [0.1, 0.15) is 41.9 Å². The molecule has 0 aliphatic heterocycles. The zero-order valence-corrected chi connectivity index (χ0v) is 11.6. The second-order valence-corrected chi connectivity index (χ2v) is 5.99. The monoisotopic (exact) mass is 284 g/mol. The second kappa shape index (κ2) is 5.21. The molecule has 96 valence electrons. The molecule has 1 heterocycles. The van der Waals surface area contributed by atoms with Crippen LogP contribution in [-0.2, 0) is 0 Å². The van der Waals surface area contributed by atoms with E-state index in [-0.39, 0.29) is 15.4 Å². The van der Waals surface area contributed by atoms with Gasteiger partial charge in [-0.05, 0) is 24.4 Å². The molecule has 1 saturated carbocycles. The van der Waals surface area contributed by atoms with E-state index < -0.39 is 5.54 Å². The summed E-state index contributed by atoms with van der Waals surface area (Å²) >= 11 is 6.71. The third-order valence-electron chi connectivity index (χ3n) is 3.42. The standard InChI is InChI=1S/C11H13ClN4OS/c1-16(9(17)8-14-15-10(12)18-8)11(7-13)5-3-2-4-6-11/h2-6H2,1H3. The molecule has 1 aromatic rings. The first-order valence-corrected chi connectivity index (χ1v) is 6.97. The van der Waals surface area contributed by atoms with Crippen LogP contribution in [0.5, 0.6) is 0 Å². The van der Waals surface area contributed by atoms with Gasteiger partial charge in [-0.2, -0.15) is 5.26 Å². The smallest absolute Gasteiger partial charge is 0.285 e. The molecule has 0 N–H and O–H groups in total. The summed E-state index contributed by atoms with van der Waals surface area (Å²) in [5.41, 5.74) is -0.701. The Hall–Kier alpha value is -1.19. The average molecular weight is 285 g/mol. The van der Waals surface area contributed by atoms with Crippen molar-refractivity contribution < 1.29 is 4.79 Å². The number of nitrogens with zero attached hydrogens (tertiary/aromatic N) is 4. The number of hydrogen-bond acceptors (Lipinski definition) is 5. The van der Waals surface area contributed by atoms with Crippen LogP contribution in [0.15, 0.2) is 0 Å². The summed E-state index contributed by atoms with van der Waals surface area (Å²) in [6.45, 7) is 0. The molecule has 1 aliphatic rings. The Morgan fingerprint density at radius 1 is 1.44 bits per heavy atom. The van der Waals surface area contributed by atoms with Gasteiger partial charge < -0.3 is 4.90 Å². The molecule has 7 heteroatoms. The Balaban J connectivity index is 2.21. The maximum atomic E-state index is 12.2. The van der Waals surface area contributed by atoms with Crippen LogP contribution in [0.25, 0.3) is 0 Å². The van der Waals surface area contributed by atoms with Gasteiger partial charge in [0.1, 0.15) is 5.54 Å². The second-order valence-electron chi connectivity index (χ2n) is 4.43. The molecule has 0 saturated heterocycles. The number of amides is 1. The van der Waals surface area contributed by atoms with Gasteiger partial charge in [0.05, 0.1) is 6.07 Å². The number of rotatable bonds is 2. The van der Waals surface area contributed by atoms with Crippen LogP contribution in [0, 0.1) is 11.3 Å². The van der Waals surface area contributed by atoms with Gasteiger partial charge in [0.25, 0.3) is 5.91 Å². The van der Waals surface area contributed by atoms with Crippen molar-refractivity contribution >= 4 is 28.8 Å². The topological polar surface area (TPSA) is 69.9 Å². The molecule has 1 aromatic heterocycles. The lowest BCUT2D eigenvalue weighted by atomic mass is 9.81. The first kappa shape index (κ1) is 13.2. The lowest BCUT2D eigenvalue weighted by Crippen LogP contribution is -2.49.